The third kappa shape index (κ3) is 1.71. The predicted molar refractivity (Wildman–Crippen MR) is 60.0 cm³/mol. The van der Waals surface area contributed by atoms with Crippen molar-refractivity contribution < 1.29 is 6.11 Å². The Labute approximate surface area is 93.8 Å². The average molecular weight is 211 g/mol. The van der Waals surface area contributed by atoms with E-state index in [2.05, 4.69) is 23.8 Å². The zero-order valence-corrected chi connectivity index (χ0v) is 9.83. The van der Waals surface area contributed by atoms with Crippen LogP contribution in [0.25, 0.3) is 0 Å². The fourth-order valence-electron chi connectivity index (χ4n) is 3.50. The molecule has 2 bridgehead atoms. The molecule has 0 aliphatic carbocycles. The van der Waals surface area contributed by atoms with Gasteiger partial charge in [-0.15, -0.1) is 0 Å². The van der Waals surface area contributed by atoms with Crippen molar-refractivity contribution in [1.82, 2.24) is 9.80 Å². The summed E-state index contributed by atoms with van der Waals surface area (Å²) in [5.41, 5.74) is -0.136. The molecule has 15 heavy (non-hydrogen) atoms. The lowest BCUT2D eigenvalue weighted by Crippen LogP contribution is -2.69. The van der Waals surface area contributed by atoms with Gasteiger partial charge in [0.15, 0.2) is 0 Å². The maximum Gasteiger partial charge on any atom is 0.0912 e. The molecular weight excluding hydrogens is 188 g/mol. The fourth-order valence-corrected chi connectivity index (χ4v) is 3.50. The van der Waals surface area contributed by atoms with Gasteiger partial charge >= 0.3 is 0 Å². The lowest BCUT2D eigenvalue weighted by molar-refractivity contribution is -0.218. The number of piperidine rings is 1. The molecule has 3 saturated heterocycles. The maximum absolute atomic E-state index is 8.63. The second kappa shape index (κ2) is 3.44. The van der Waals surface area contributed by atoms with Gasteiger partial charge in [0.25, 0.3) is 0 Å². The highest BCUT2D eigenvalue weighted by atomic mass is 16.5. The van der Waals surface area contributed by atoms with Crippen molar-refractivity contribution in [1.29, 1.82) is 0 Å². The highest BCUT2D eigenvalue weighted by Gasteiger charge is 2.47. The molecule has 0 spiro atoms. The Balaban J connectivity index is 1.91. The van der Waals surface area contributed by atoms with E-state index in [0.29, 0.717) is 6.04 Å². The quantitative estimate of drug-likeness (QED) is 0.593. The molecule has 3 nitrogen and oxygen atoms in total. The largest absolute Gasteiger partial charge is 0.366 e. The number of rotatable bonds is 0. The van der Waals surface area contributed by atoms with Gasteiger partial charge in [-0.2, -0.15) is 0 Å². The molecule has 0 aromatic carbocycles. The van der Waals surface area contributed by atoms with E-state index < -0.39 is 6.08 Å². The molecule has 0 radical (unpaired) electrons. The van der Waals surface area contributed by atoms with Crippen LogP contribution in [0.5, 0.6) is 0 Å². The molecule has 3 fully saturated rings. The lowest BCUT2D eigenvalue weighted by atomic mass is 9.88. The van der Waals surface area contributed by atoms with E-state index in [-0.39, 0.29) is 5.60 Å². The summed E-state index contributed by atoms with van der Waals surface area (Å²) >= 11 is 0. The smallest absolute Gasteiger partial charge is 0.0912 e. The number of fused-ring (bicyclic) bond motifs is 4. The first-order valence-electron chi connectivity index (χ1n) is 6.64. The van der Waals surface area contributed by atoms with Crippen molar-refractivity contribution in [3.05, 3.63) is 0 Å². The molecule has 1 unspecified atom stereocenters. The fraction of sp³-hybridized carbons (Fsp3) is 1.00. The van der Waals surface area contributed by atoms with Crippen LogP contribution < -0.4 is 0 Å². The van der Waals surface area contributed by atoms with Gasteiger partial charge in [0.05, 0.1) is 13.1 Å². The van der Waals surface area contributed by atoms with Crippen LogP contribution in [0.4, 0.5) is 0 Å². The van der Waals surface area contributed by atoms with Gasteiger partial charge in [-0.3, -0.25) is 4.90 Å². The molecule has 3 aliphatic heterocycles. The molecule has 0 amide bonds. The normalized spacial score (nSPS) is 53.5. The number of ether oxygens (including phenoxy) is 1. The highest BCUT2D eigenvalue weighted by molar-refractivity contribution is 5.00. The Hall–Kier alpha value is -0.120. The molecule has 86 valence electrons. The summed E-state index contributed by atoms with van der Waals surface area (Å²) in [6.45, 7) is 6.04. The first-order valence-corrected chi connectivity index (χ1v) is 6.14. The second-order valence-corrected chi connectivity index (χ2v) is 5.67. The van der Waals surface area contributed by atoms with E-state index in [1.165, 1.54) is 12.8 Å². The summed E-state index contributed by atoms with van der Waals surface area (Å²) < 4.78 is 14.7. The Bertz CT molecular complexity index is 301. The minimum absolute atomic E-state index is 0.136. The van der Waals surface area contributed by atoms with Crippen molar-refractivity contribution in [2.24, 2.45) is 0 Å². The zero-order valence-electron chi connectivity index (χ0n) is 10.8. The third-order valence-corrected chi connectivity index (χ3v) is 3.93. The van der Waals surface area contributed by atoms with Gasteiger partial charge in [0.1, 0.15) is 0 Å². The van der Waals surface area contributed by atoms with Crippen molar-refractivity contribution in [2.45, 2.75) is 43.9 Å². The summed E-state index contributed by atoms with van der Waals surface area (Å²) in [5.74, 6) is 0. The van der Waals surface area contributed by atoms with Gasteiger partial charge in [-0.25, -0.2) is 0 Å². The molecule has 3 atom stereocenters. The van der Waals surface area contributed by atoms with E-state index in [4.69, 9.17) is 6.11 Å². The van der Waals surface area contributed by atoms with Crippen LogP contribution in [0.15, 0.2) is 0 Å². The van der Waals surface area contributed by atoms with Gasteiger partial charge in [-0.05, 0) is 33.4 Å². The Kier molecular flexibility index (Phi) is 2.06. The molecule has 0 N–H and O–H groups in total. The van der Waals surface area contributed by atoms with Crippen molar-refractivity contribution >= 4 is 0 Å². The van der Waals surface area contributed by atoms with E-state index in [1.807, 2.05) is 0 Å². The number of morpholine rings is 2. The Morgan fingerprint density at radius 3 is 3.13 bits per heavy atom. The molecule has 3 heteroatoms. The van der Waals surface area contributed by atoms with Crippen molar-refractivity contribution in [3.63, 3.8) is 0 Å². The van der Waals surface area contributed by atoms with Crippen LogP contribution >= 0.6 is 0 Å². The molecule has 3 heterocycles. The van der Waals surface area contributed by atoms with Crippen LogP contribution in [0.1, 0.15) is 27.6 Å². The first kappa shape index (κ1) is 8.97. The number of hydrogen-bond acceptors (Lipinski definition) is 3. The summed E-state index contributed by atoms with van der Waals surface area (Å²) in [6.07, 6.45) is 2.98. The van der Waals surface area contributed by atoms with Gasteiger partial charge in [0.2, 0.25) is 0 Å². The van der Waals surface area contributed by atoms with E-state index in [1.54, 1.807) is 0 Å². The number of likely N-dealkylation sites (N-methyl/N-ethyl adjacent to an activating group) is 1. The minimum atomic E-state index is -0.694. The molecule has 0 saturated carbocycles. The van der Waals surface area contributed by atoms with E-state index in [9.17, 15) is 0 Å². The van der Waals surface area contributed by atoms with Crippen LogP contribution in [0.3, 0.4) is 0 Å². The summed E-state index contributed by atoms with van der Waals surface area (Å²) in [7, 11) is 2.11. The van der Waals surface area contributed by atoms with E-state index in [0.717, 1.165) is 32.6 Å². The summed E-state index contributed by atoms with van der Waals surface area (Å²) in [4.78, 5) is 4.77. The molecule has 3 aliphatic rings. The van der Waals surface area contributed by atoms with Gasteiger partial charge < -0.3 is 9.64 Å². The van der Waals surface area contributed by atoms with Crippen LogP contribution in [-0.4, -0.2) is 60.7 Å². The van der Waals surface area contributed by atoms with Crippen molar-refractivity contribution in [2.75, 3.05) is 33.2 Å². The second-order valence-electron chi connectivity index (χ2n) is 5.67. The molecular formula is C12H22N2O. The average Bonchev–Trinajstić information content (AvgIpc) is 2.14. The topological polar surface area (TPSA) is 15.7 Å². The first-order chi connectivity index (χ1) is 7.51. The Morgan fingerprint density at radius 2 is 2.27 bits per heavy atom. The standard InChI is InChI=1S/C12H22N2O/c1-12-8-13(2)7-11(15-12)10-5-3-4-6-14(10)9-12/h10-11H,3-9H2,1-2H3/t10-,11+,12?/m0/s1/i11D. The van der Waals surface area contributed by atoms with E-state index >= 15 is 0 Å². The predicted octanol–water partition coefficient (Wildman–Crippen LogP) is 0.944. The number of hydrogen-bond donors (Lipinski definition) is 0. The van der Waals surface area contributed by atoms with Gasteiger partial charge in [0, 0.05) is 25.7 Å². The highest BCUT2D eigenvalue weighted by Crippen LogP contribution is 2.35. The van der Waals surface area contributed by atoms with Crippen LogP contribution in [-0.2, 0) is 4.74 Å². The molecule has 0 aromatic heterocycles. The lowest BCUT2D eigenvalue weighted by Gasteiger charge is -2.56. The summed E-state index contributed by atoms with van der Waals surface area (Å²) in [5, 5.41) is 0. The van der Waals surface area contributed by atoms with Gasteiger partial charge in [-0.1, -0.05) is 6.42 Å². The summed E-state index contributed by atoms with van der Waals surface area (Å²) in [6, 6.07) is 0.317. The molecule has 0 aromatic rings. The minimum Gasteiger partial charge on any atom is -0.366 e. The maximum atomic E-state index is 8.63. The number of nitrogens with zero attached hydrogens (tertiary/aromatic N) is 2. The zero-order chi connectivity index (χ0) is 11.4. The third-order valence-electron chi connectivity index (χ3n) is 3.93. The van der Waals surface area contributed by atoms with Crippen LogP contribution in [0.2, 0.25) is 0 Å². The monoisotopic (exact) mass is 211 g/mol. The molecule has 3 rings (SSSR count). The Morgan fingerprint density at radius 1 is 1.40 bits per heavy atom. The van der Waals surface area contributed by atoms with Crippen molar-refractivity contribution in [3.8, 4) is 0 Å². The SMILES string of the molecule is [2H][C@@]12CN(C)CC(C)(CN3CCCC[C@H]31)O2. The van der Waals surface area contributed by atoms with Crippen LogP contribution in [0, 0.1) is 0 Å².